The molecule has 578 valence electrons. The van der Waals surface area contributed by atoms with Crippen molar-refractivity contribution in [3.63, 3.8) is 0 Å². The maximum absolute atomic E-state index is 2.48. The van der Waals surface area contributed by atoms with Gasteiger partial charge in [0.05, 0.1) is 0 Å². The summed E-state index contributed by atoms with van der Waals surface area (Å²) in [6.45, 7) is 31.9. The zero-order valence-corrected chi connectivity index (χ0v) is 70.9. The van der Waals surface area contributed by atoms with Crippen LogP contribution < -0.4 is 0 Å². The van der Waals surface area contributed by atoms with Crippen molar-refractivity contribution in [1.29, 1.82) is 0 Å². The fourth-order valence-corrected chi connectivity index (χ4v) is 23.0. The number of rotatable bonds is 0. The SMILES string of the molecule is CC1CCC2C(CCC3CC(C)CCC32)C1.CC1CCc2c(ccc3c2CCC(C)C3)C1.Cc1ccc2c(c1)CCC1CC(C)CCC21.Cc1ccc2c(c1)CCc1cc(C)ccc1-2.Cc1ccc2c(c1)Cc1cc(C)ccc1-2.Cc1ccc2c(ccc3cc(C)ccc32)c1.Cc1ccc2c3c(ccc2c1)CC(C)CC3. The van der Waals surface area contributed by atoms with Gasteiger partial charge in [-0.1, -0.05) is 287 Å². The van der Waals surface area contributed by atoms with Crippen LogP contribution in [0, 0.1) is 120 Å². The quantitative estimate of drug-likeness (QED) is 0.133. The first kappa shape index (κ1) is 78.5. The van der Waals surface area contributed by atoms with Crippen LogP contribution in [0.1, 0.15) is 255 Å². The number of benzene rings is 11. The van der Waals surface area contributed by atoms with E-state index in [1.165, 1.54) is 237 Å². The van der Waals surface area contributed by atoms with Gasteiger partial charge < -0.3 is 0 Å². The molecule has 0 saturated heterocycles. The maximum Gasteiger partial charge on any atom is -0.00133 e. The number of hydrogen-bond acceptors (Lipinski definition) is 0. The Morgan fingerprint density at radius 1 is 0.225 bits per heavy atom. The highest BCUT2D eigenvalue weighted by molar-refractivity contribution is 6.07. The first-order valence-corrected chi connectivity index (χ1v) is 44.7. The smallest absolute Gasteiger partial charge is 0.00133 e. The van der Waals surface area contributed by atoms with E-state index in [2.05, 4.69) is 279 Å². The van der Waals surface area contributed by atoms with E-state index >= 15 is 0 Å². The van der Waals surface area contributed by atoms with E-state index in [4.69, 9.17) is 0 Å². The summed E-state index contributed by atoms with van der Waals surface area (Å²) >= 11 is 0. The molecular formula is C111H134. The molecule has 10 aliphatic rings. The summed E-state index contributed by atoms with van der Waals surface area (Å²) < 4.78 is 0. The normalized spacial score (nSPS) is 24.5. The summed E-state index contributed by atoms with van der Waals surface area (Å²) in [5.74, 6) is 12.1. The van der Waals surface area contributed by atoms with E-state index in [9.17, 15) is 0 Å². The Kier molecular flexibility index (Phi) is 24.7. The van der Waals surface area contributed by atoms with E-state index in [0.717, 1.165) is 77.4 Å². The Morgan fingerprint density at radius 3 is 1.04 bits per heavy atom. The van der Waals surface area contributed by atoms with Crippen LogP contribution in [0.5, 0.6) is 0 Å². The molecule has 0 amide bonds. The average molecular weight is 1470 g/mol. The maximum atomic E-state index is 2.48. The summed E-state index contributed by atoms with van der Waals surface area (Å²) in [7, 11) is 0. The van der Waals surface area contributed by atoms with Crippen LogP contribution >= 0.6 is 0 Å². The van der Waals surface area contributed by atoms with Gasteiger partial charge in [-0.2, -0.15) is 0 Å². The molecule has 0 spiro atoms. The minimum atomic E-state index is 0.857. The minimum absolute atomic E-state index is 0.857. The van der Waals surface area contributed by atoms with Crippen LogP contribution in [0.4, 0.5) is 0 Å². The van der Waals surface area contributed by atoms with Crippen LogP contribution in [0.3, 0.4) is 0 Å². The highest BCUT2D eigenvalue weighted by atomic mass is 14.5. The van der Waals surface area contributed by atoms with Crippen molar-refractivity contribution in [3.8, 4) is 22.3 Å². The predicted octanol–water partition coefficient (Wildman–Crippen LogP) is 30.1. The van der Waals surface area contributed by atoms with E-state index in [1.54, 1.807) is 83.0 Å². The first-order valence-electron chi connectivity index (χ1n) is 44.7. The predicted molar refractivity (Wildman–Crippen MR) is 481 cm³/mol. The van der Waals surface area contributed by atoms with E-state index < -0.39 is 0 Å². The zero-order chi connectivity index (χ0) is 77.1. The lowest BCUT2D eigenvalue weighted by Gasteiger charge is -2.50. The second-order valence-corrected chi connectivity index (χ2v) is 38.4. The topological polar surface area (TPSA) is 0 Å². The monoisotopic (exact) mass is 1470 g/mol. The number of fused-ring (bicyclic) bond motifs is 21. The van der Waals surface area contributed by atoms with Crippen LogP contribution in [-0.4, -0.2) is 0 Å². The van der Waals surface area contributed by atoms with Gasteiger partial charge in [0.2, 0.25) is 0 Å². The van der Waals surface area contributed by atoms with Crippen LogP contribution in [0.15, 0.2) is 182 Å². The molecule has 11 aromatic carbocycles. The largest absolute Gasteiger partial charge is 0.0625 e. The van der Waals surface area contributed by atoms with Crippen molar-refractivity contribution in [3.05, 3.63) is 293 Å². The molecule has 111 heavy (non-hydrogen) atoms. The molecular weight excluding hydrogens is 1330 g/mol. The van der Waals surface area contributed by atoms with Gasteiger partial charge in [-0.3, -0.25) is 0 Å². The molecule has 21 rings (SSSR count). The van der Waals surface area contributed by atoms with Crippen LogP contribution in [-0.2, 0) is 64.2 Å². The molecule has 0 radical (unpaired) electrons. The van der Waals surface area contributed by atoms with Gasteiger partial charge in [0.25, 0.3) is 0 Å². The van der Waals surface area contributed by atoms with Gasteiger partial charge in [-0.15, -0.1) is 0 Å². The lowest BCUT2D eigenvalue weighted by Crippen LogP contribution is -2.40. The molecule has 0 aromatic heterocycles. The molecule has 0 nitrogen and oxygen atoms in total. The number of hydrogen-bond donors (Lipinski definition) is 0. The summed E-state index contributed by atoms with van der Waals surface area (Å²) in [6.07, 6.45) is 35.0. The summed E-state index contributed by atoms with van der Waals surface area (Å²) in [6, 6.07) is 68.4. The van der Waals surface area contributed by atoms with Crippen LogP contribution in [0.25, 0.3) is 54.6 Å². The zero-order valence-electron chi connectivity index (χ0n) is 70.9. The lowest BCUT2D eigenvalue weighted by atomic mass is 9.55. The van der Waals surface area contributed by atoms with Crippen molar-refractivity contribution in [1.82, 2.24) is 0 Å². The molecule has 0 heteroatoms. The number of aryl methyl sites for hydroxylation is 12. The molecule has 0 bridgehead atoms. The van der Waals surface area contributed by atoms with E-state index in [-0.39, 0.29) is 0 Å². The standard InChI is InChI=1S/C16H28.2C16H22.C16H18.C16H16.C16H14.C15H14/c6*1-11-3-7-15-13(9-11)5-6-14-10-12(2)4-8-16(14)15;1-10-3-5-14-12(7-10)9-13-8-11(2)4-6-15(13)14/h11-16H,3-10H2,1-2H3;5-6,11-12H,3-4,7-10H2,1-2H3;3,7,9,12,14,16H,4-6,8,10H2,1-2H3;3,5-7,9,12H,4,8,10H2,1-2H3;3-4,7-10H,5-6H2,1-2H3;3-10H,1-2H3;3-8H,9H2,1-2H3. The Hall–Kier alpha value is -7.80. The highest BCUT2D eigenvalue weighted by Gasteiger charge is 2.43. The Bertz CT molecular complexity index is 4870. The van der Waals surface area contributed by atoms with Crippen molar-refractivity contribution in [2.45, 2.75) is 263 Å². The third-order valence-electron chi connectivity index (χ3n) is 29.0. The Labute approximate surface area is 671 Å². The third kappa shape index (κ3) is 18.4. The fraction of sp³-hybridized carbons (Fsp3) is 0.459. The summed E-state index contributed by atoms with van der Waals surface area (Å²) in [4.78, 5) is 0. The van der Waals surface area contributed by atoms with Gasteiger partial charge in [0.15, 0.2) is 0 Å². The lowest BCUT2D eigenvalue weighted by molar-refractivity contribution is 0.00266. The molecule has 0 aliphatic heterocycles. The van der Waals surface area contributed by atoms with Crippen molar-refractivity contribution < 1.29 is 0 Å². The molecule has 12 atom stereocenters. The summed E-state index contributed by atoms with van der Waals surface area (Å²) in [5, 5.41) is 8.25. The van der Waals surface area contributed by atoms with Gasteiger partial charge in [-0.25, -0.2) is 0 Å². The second-order valence-electron chi connectivity index (χ2n) is 38.4. The molecule has 0 heterocycles. The first-order chi connectivity index (χ1) is 53.7. The highest BCUT2D eigenvalue weighted by Crippen LogP contribution is 2.54. The molecule has 10 aliphatic carbocycles. The third-order valence-corrected chi connectivity index (χ3v) is 29.0. The summed E-state index contributed by atoms with van der Waals surface area (Å²) in [5.41, 5.74) is 35.9. The average Bonchev–Trinajstić information content (AvgIpc) is 1.71. The fourth-order valence-electron chi connectivity index (χ4n) is 23.0. The van der Waals surface area contributed by atoms with Crippen molar-refractivity contribution in [2.24, 2.45) is 65.1 Å². The van der Waals surface area contributed by atoms with Crippen LogP contribution in [0.2, 0.25) is 0 Å². The Balaban J connectivity index is 0.000000103. The van der Waals surface area contributed by atoms with Crippen molar-refractivity contribution in [2.75, 3.05) is 0 Å². The van der Waals surface area contributed by atoms with Gasteiger partial charge in [0, 0.05) is 0 Å². The Morgan fingerprint density at radius 2 is 0.568 bits per heavy atom. The van der Waals surface area contributed by atoms with Crippen molar-refractivity contribution >= 4 is 32.3 Å². The molecule has 11 aromatic rings. The van der Waals surface area contributed by atoms with Gasteiger partial charge in [-0.05, 0) is 389 Å². The molecule has 12 unspecified atom stereocenters. The molecule has 4 fully saturated rings. The van der Waals surface area contributed by atoms with Gasteiger partial charge in [0.1, 0.15) is 0 Å². The van der Waals surface area contributed by atoms with E-state index in [1.807, 2.05) is 0 Å². The van der Waals surface area contributed by atoms with E-state index in [0.29, 0.717) is 0 Å². The molecule has 0 N–H and O–H groups in total. The van der Waals surface area contributed by atoms with Gasteiger partial charge >= 0.3 is 0 Å². The second kappa shape index (κ2) is 34.9. The molecule has 4 saturated carbocycles. The minimum Gasteiger partial charge on any atom is -0.0625 e.